The lowest BCUT2D eigenvalue weighted by molar-refractivity contribution is -0.129. The second-order valence-electron chi connectivity index (χ2n) is 3.88. The van der Waals surface area contributed by atoms with E-state index < -0.39 is 0 Å². The Kier molecular flexibility index (Phi) is 1.86. The summed E-state index contributed by atoms with van der Waals surface area (Å²) >= 11 is 0. The van der Waals surface area contributed by atoms with E-state index in [1.165, 1.54) is 0 Å². The van der Waals surface area contributed by atoms with Crippen molar-refractivity contribution in [3.05, 3.63) is 29.7 Å². The molecule has 0 aromatic carbocycles. The van der Waals surface area contributed by atoms with Crippen molar-refractivity contribution in [2.75, 3.05) is 0 Å². The molecule has 1 N–H and O–H groups in total. The van der Waals surface area contributed by atoms with Crippen molar-refractivity contribution >= 4 is 5.91 Å². The third kappa shape index (κ3) is 1.25. The van der Waals surface area contributed by atoms with Crippen LogP contribution in [0, 0.1) is 0 Å². The molecule has 0 atom stereocenters. The normalized spacial score (nSPS) is 14.2. The quantitative estimate of drug-likeness (QED) is 0.787. The van der Waals surface area contributed by atoms with Crippen molar-refractivity contribution in [2.45, 2.75) is 20.0 Å². The minimum absolute atomic E-state index is 0.0787. The number of aromatic nitrogens is 2. The van der Waals surface area contributed by atoms with Crippen LogP contribution in [0.2, 0.25) is 0 Å². The monoisotopic (exact) mass is 217 g/mol. The van der Waals surface area contributed by atoms with E-state index in [1.807, 2.05) is 12.1 Å². The highest BCUT2D eigenvalue weighted by atomic mass is 16.3. The van der Waals surface area contributed by atoms with Crippen LogP contribution >= 0.6 is 0 Å². The molecular formula is C11H11N3O2. The molecule has 0 radical (unpaired) electrons. The van der Waals surface area contributed by atoms with Crippen molar-refractivity contribution in [3.8, 4) is 11.5 Å². The first-order valence-corrected chi connectivity index (χ1v) is 5.11. The summed E-state index contributed by atoms with van der Waals surface area (Å²) in [7, 11) is 0. The number of aromatic amines is 1. The lowest BCUT2D eigenvalue weighted by atomic mass is 10.2. The molecule has 2 aromatic heterocycles. The highest BCUT2D eigenvalue weighted by Gasteiger charge is 2.27. The number of carbonyl (C=O) groups excluding carboxylic acids is 1. The number of fused-ring (bicyclic) bond motifs is 1. The zero-order valence-corrected chi connectivity index (χ0v) is 8.86. The van der Waals surface area contributed by atoms with Crippen LogP contribution in [0.25, 0.3) is 11.5 Å². The van der Waals surface area contributed by atoms with Gasteiger partial charge in [-0.05, 0) is 12.1 Å². The van der Waals surface area contributed by atoms with Gasteiger partial charge in [-0.15, -0.1) is 0 Å². The van der Waals surface area contributed by atoms with Crippen molar-refractivity contribution in [2.24, 2.45) is 0 Å². The average Bonchev–Trinajstić information content (AvgIpc) is 2.92. The maximum Gasteiger partial charge on any atom is 0.220 e. The maximum absolute atomic E-state index is 11.3. The molecule has 1 amide bonds. The van der Waals surface area contributed by atoms with Gasteiger partial charge in [0.25, 0.3) is 0 Å². The van der Waals surface area contributed by atoms with Crippen LogP contribution < -0.4 is 0 Å². The summed E-state index contributed by atoms with van der Waals surface area (Å²) in [6.45, 7) is 2.79. The Morgan fingerprint density at radius 3 is 3.12 bits per heavy atom. The molecule has 0 bridgehead atoms. The van der Waals surface area contributed by atoms with Crippen LogP contribution in [0.5, 0.6) is 0 Å². The van der Waals surface area contributed by atoms with E-state index in [-0.39, 0.29) is 5.91 Å². The molecule has 0 spiro atoms. The van der Waals surface area contributed by atoms with E-state index in [2.05, 4.69) is 10.2 Å². The molecule has 3 heterocycles. The summed E-state index contributed by atoms with van der Waals surface area (Å²) in [5.74, 6) is 0.817. The van der Waals surface area contributed by atoms with Gasteiger partial charge in [0, 0.05) is 12.5 Å². The van der Waals surface area contributed by atoms with Gasteiger partial charge in [0.15, 0.2) is 5.76 Å². The summed E-state index contributed by atoms with van der Waals surface area (Å²) in [4.78, 5) is 13.1. The number of hydrogen-bond acceptors (Lipinski definition) is 3. The summed E-state index contributed by atoms with van der Waals surface area (Å²) in [5.41, 5.74) is 2.87. The van der Waals surface area contributed by atoms with Crippen LogP contribution in [0.1, 0.15) is 18.2 Å². The number of hydrogen-bond donors (Lipinski definition) is 1. The van der Waals surface area contributed by atoms with Gasteiger partial charge in [0.1, 0.15) is 5.69 Å². The predicted octanol–water partition coefficient (Wildman–Crippen LogP) is 1.53. The van der Waals surface area contributed by atoms with Gasteiger partial charge in [-0.3, -0.25) is 9.89 Å². The van der Waals surface area contributed by atoms with Gasteiger partial charge in [-0.25, -0.2) is 0 Å². The van der Waals surface area contributed by atoms with Crippen molar-refractivity contribution < 1.29 is 9.21 Å². The zero-order valence-electron chi connectivity index (χ0n) is 8.86. The van der Waals surface area contributed by atoms with Gasteiger partial charge < -0.3 is 9.32 Å². The van der Waals surface area contributed by atoms with E-state index in [9.17, 15) is 4.79 Å². The lowest BCUT2D eigenvalue weighted by Crippen LogP contribution is -2.22. The first-order chi connectivity index (χ1) is 7.75. The Morgan fingerprint density at radius 2 is 2.44 bits per heavy atom. The second kappa shape index (κ2) is 3.23. The third-order valence-corrected chi connectivity index (χ3v) is 2.85. The SMILES string of the molecule is CC(=O)N1Cc2[nH]nc(-c3ccco3)c2C1. The summed E-state index contributed by atoms with van der Waals surface area (Å²) in [5, 5.41) is 7.17. The lowest BCUT2D eigenvalue weighted by Gasteiger charge is -2.11. The molecule has 0 aliphatic carbocycles. The maximum atomic E-state index is 11.3. The smallest absolute Gasteiger partial charge is 0.220 e. The van der Waals surface area contributed by atoms with Gasteiger partial charge in [0.05, 0.1) is 25.0 Å². The van der Waals surface area contributed by atoms with Crippen molar-refractivity contribution in [1.82, 2.24) is 15.1 Å². The predicted molar refractivity (Wildman–Crippen MR) is 56.2 cm³/mol. The van der Waals surface area contributed by atoms with E-state index in [0.717, 1.165) is 22.7 Å². The van der Waals surface area contributed by atoms with Crippen LogP contribution in [0.4, 0.5) is 0 Å². The molecule has 5 nitrogen and oxygen atoms in total. The van der Waals surface area contributed by atoms with Crippen molar-refractivity contribution in [3.63, 3.8) is 0 Å². The van der Waals surface area contributed by atoms with E-state index in [0.29, 0.717) is 13.1 Å². The Morgan fingerprint density at radius 1 is 1.56 bits per heavy atom. The minimum atomic E-state index is 0.0787. The number of H-pyrrole nitrogens is 1. The molecule has 0 fully saturated rings. The van der Waals surface area contributed by atoms with Crippen LogP contribution in [-0.4, -0.2) is 21.0 Å². The van der Waals surface area contributed by atoms with Crippen LogP contribution in [0.15, 0.2) is 22.8 Å². The fraction of sp³-hybridized carbons (Fsp3) is 0.273. The molecule has 82 valence electrons. The molecular weight excluding hydrogens is 206 g/mol. The van der Waals surface area contributed by atoms with E-state index in [4.69, 9.17) is 4.42 Å². The van der Waals surface area contributed by atoms with E-state index >= 15 is 0 Å². The number of amides is 1. The van der Waals surface area contributed by atoms with Gasteiger partial charge >= 0.3 is 0 Å². The zero-order chi connectivity index (χ0) is 11.1. The first-order valence-electron chi connectivity index (χ1n) is 5.11. The van der Waals surface area contributed by atoms with Gasteiger partial charge in [-0.2, -0.15) is 5.10 Å². The molecule has 1 aliphatic rings. The third-order valence-electron chi connectivity index (χ3n) is 2.85. The number of carbonyl (C=O) groups is 1. The molecule has 0 unspecified atom stereocenters. The molecule has 0 saturated heterocycles. The highest BCUT2D eigenvalue weighted by molar-refractivity contribution is 5.75. The topological polar surface area (TPSA) is 62.1 Å². The highest BCUT2D eigenvalue weighted by Crippen LogP contribution is 2.30. The van der Waals surface area contributed by atoms with Crippen molar-refractivity contribution in [1.29, 1.82) is 0 Å². The largest absolute Gasteiger partial charge is 0.463 e. The van der Waals surface area contributed by atoms with Gasteiger partial charge in [0.2, 0.25) is 5.91 Å². The first kappa shape index (κ1) is 9.21. The molecule has 1 aliphatic heterocycles. The Bertz CT molecular complexity index is 527. The molecule has 5 heteroatoms. The number of furan rings is 1. The minimum Gasteiger partial charge on any atom is -0.463 e. The average molecular weight is 217 g/mol. The molecule has 3 rings (SSSR count). The summed E-state index contributed by atoms with van der Waals surface area (Å²) < 4.78 is 5.31. The number of nitrogens with zero attached hydrogens (tertiary/aromatic N) is 2. The summed E-state index contributed by atoms with van der Waals surface area (Å²) in [6, 6.07) is 3.70. The molecule has 16 heavy (non-hydrogen) atoms. The fourth-order valence-electron chi connectivity index (χ4n) is 1.98. The Hall–Kier alpha value is -2.04. The molecule has 2 aromatic rings. The molecule has 0 saturated carbocycles. The van der Waals surface area contributed by atoms with Gasteiger partial charge in [-0.1, -0.05) is 0 Å². The Balaban J connectivity index is 1.99. The second-order valence-corrected chi connectivity index (χ2v) is 3.88. The van der Waals surface area contributed by atoms with E-state index in [1.54, 1.807) is 18.1 Å². The van der Waals surface area contributed by atoms with Crippen LogP contribution in [-0.2, 0) is 17.9 Å². The summed E-state index contributed by atoms with van der Waals surface area (Å²) in [6.07, 6.45) is 1.62. The van der Waals surface area contributed by atoms with Crippen LogP contribution in [0.3, 0.4) is 0 Å². The Labute approximate surface area is 92.1 Å². The number of nitrogens with one attached hydrogen (secondary N) is 1. The number of rotatable bonds is 1. The standard InChI is InChI=1S/C11H11N3O2/c1-7(15)14-5-8-9(6-14)12-13-11(8)10-3-2-4-16-10/h2-4H,5-6H2,1H3,(H,12,13). The fourth-order valence-corrected chi connectivity index (χ4v) is 1.98.